The predicted octanol–water partition coefficient (Wildman–Crippen LogP) is 4.57. The average molecular weight is 389 g/mol. The molecule has 0 fully saturated rings. The SMILES string of the molecule is CC(Nc1ccc(Oc2ccccc2C#N)cc1)C(=O)Nc1ccnn1C(C)C. The number of nitrogens with zero attached hydrogens (tertiary/aromatic N) is 3. The van der Waals surface area contributed by atoms with Crippen molar-refractivity contribution in [3.63, 3.8) is 0 Å². The van der Waals surface area contributed by atoms with Crippen molar-refractivity contribution in [2.75, 3.05) is 10.6 Å². The summed E-state index contributed by atoms with van der Waals surface area (Å²) >= 11 is 0. The first kappa shape index (κ1) is 20.0. The van der Waals surface area contributed by atoms with Crippen molar-refractivity contribution in [1.82, 2.24) is 9.78 Å². The van der Waals surface area contributed by atoms with Gasteiger partial charge in [0.15, 0.2) is 0 Å². The lowest BCUT2D eigenvalue weighted by Crippen LogP contribution is -2.32. The summed E-state index contributed by atoms with van der Waals surface area (Å²) in [7, 11) is 0. The molecule has 0 aliphatic heterocycles. The molecule has 2 N–H and O–H groups in total. The first-order valence-electron chi connectivity index (χ1n) is 9.36. The monoisotopic (exact) mass is 389 g/mol. The molecular formula is C22H23N5O2. The Morgan fingerprint density at radius 1 is 1.10 bits per heavy atom. The van der Waals surface area contributed by atoms with E-state index < -0.39 is 6.04 Å². The van der Waals surface area contributed by atoms with E-state index in [9.17, 15) is 4.79 Å². The van der Waals surface area contributed by atoms with E-state index in [0.717, 1.165) is 5.69 Å². The number of hydrogen-bond acceptors (Lipinski definition) is 5. The van der Waals surface area contributed by atoms with E-state index in [-0.39, 0.29) is 11.9 Å². The van der Waals surface area contributed by atoms with Gasteiger partial charge < -0.3 is 15.4 Å². The van der Waals surface area contributed by atoms with Crippen LogP contribution in [0.5, 0.6) is 11.5 Å². The van der Waals surface area contributed by atoms with Crippen molar-refractivity contribution in [2.45, 2.75) is 32.9 Å². The minimum absolute atomic E-state index is 0.155. The van der Waals surface area contributed by atoms with E-state index in [2.05, 4.69) is 21.8 Å². The van der Waals surface area contributed by atoms with Crippen LogP contribution in [0.15, 0.2) is 60.8 Å². The maximum atomic E-state index is 12.5. The molecule has 1 amide bonds. The van der Waals surface area contributed by atoms with Crippen LogP contribution in [0.2, 0.25) is 0 Å². The van der Waals surface area contributed by atoms with Gasteiger partial charge in [-0.05, 0) is 57.2 Å². The molecule has 148 valence electrons. The highest BCUT2D eigenvalue weighted by Gasteiger charge is 2.16. The summed E-state index contributed by atoms with van der Waals surface area (Å²) < 4.78 is 7.53. The lowest BCUT2D eigenvalue weighted by Gasteiger charge is -2.17. The number of para-hydroxylation sites is 1. The molecular weight excluding hydrogens is 366 g/mol. The van der Waals surface area contributed by atoms with Gasteiger partial charge in [0.25, 0.3) is 0 Å². The van der Waals surface area contributed by atoms with Crippen LogP contribution in [0, 0.1) is 11.3 Å². The van der Waals surface area contributed by atoms with Gasteiger partial charge in [0.1, 0.15) is 29.4 Å². The van der Waals surface area contributed by atoms with Crippen LogP contribution in [0.3, 0.4) is 0 Å². The molecule has 7 heteroatoms. The molecule has 7 nitrogen and oxygen atoms in total. The fourth-order valence-corrected chi connectivity index (χ4v) is 2.77. The minimum atomic E-state index is -0.448. The fourth-order valence-electron chi connectivity index (χ4n) is 2.77. The van der Waals surface area contributed by atoms with E-state index in [1.165, 1.54) is 0 Å². The summed E-state index contributed by atoms with van der Waals surface area (Å²) in [6, 6.07) is 17.9. The van der Waals surface area contributed by atoms with Gasteiger partial charge in [0, 0.05) is 17.8 Å². The van der Waals surface area contributed by atoms with Gasteiger partial charge in [-0.2, -0.15) is 10.4 Å². The van der Waals surface area contributed by atoms with Gasteiger partial charge in [-0.3, -0.25) is 4.79 Å². The summed E-state index contributed by atoms with van der Waals surface area (Å²) in [6.07, 6.45) is 1.66. The molecule has 0 saturated carbocycles. The Morgan fingerprint density at radius 2 is 1.83 bits per heavy atom. The van der Waals surface area contributed by atoms with Gasteiger partial charge in [-0.1, -0.05) is 12.1 Å². The van der Waals surface area contributed by atoms with Crippen LogP contribution in [-0.4, -0.2) is 21.7 Å². The highest BCUT2D eigenvalue weighted by molar-refractivity contribution is 5.95. The Morgan fingerprint density at radius 3 is 2.52 bits per heavy atom. The molecule has 1 heterocycles. The second-order valence-corrected chi connectivity index (χ2v) is 6.84. The van der Waals surface area contributed by atoms with Gasteiger partial charge >= 0.3 is 0 Å². The summed E-state index contributed by atoms with van der Waals surface area (Å²) in [4.78, 5) is 12.5. The number of carbonyl (C=O) groups excluding carboxylic acids is 1. The summed E-state index contributed by atoms with van der Waals surface area (Å²) in [6.45, 7) is 5.80. The van der Waals surface area contributed by atoms with Gasteiger partial charge in [-0.15, -0.1) is 0 Å². The number of ether oxygens (including phenoxy) is 1. The van der Waals surface area contributed by atoms with E-state index in [0.29, 0.717) is 22.9 Å². The fraction of sp³-hybridized carbons (Fsp3) is 0.227. The van der Waals surface area contributed by atoms with Crippen molar-refractivity contribution in [1.29, 1.82) is 5.26 Å². The van der Waals surface area contributed by atoms with E-state index in [1.54, 1.807) is 54.2 Å². The molecule has 0 bridgehead atoms. The van der Waals surface area contributed by atoms with Crippen LogP contribution in [-0.2, 0) is 4.79 Å². The van der Waals surface area contributed by atoms with Gasteiger partial charge in [-0.25, -0.2) is 4.68 Å². The number of nitrogens with one attached hydrogen (secondary N) is 2. The zero-order valence-electron chi connectivity index (χ0n) is 16.6. The predicted molar refractivity (Wildman–Crippen MR) is 112 cm³/mol. The number of anilines is 2. The van der Waals surface area contributed by atoms with Crippen molar-refractivity contribution in [3.8, 4) is 17.6 Å². The smallest absolute Gasteiger partial charge is 0.247 e. The van der Waals surface area contributed by atoms with E-state index >= 15 is 0 Å². The molecule has 3 aromatic rings. The largest absolute Gasteiger partial charge is 0.456 e. The highest BCUT2D eigenvalue weighted by atomic mass is 16.5. The molecule has 2 aromatic carbocycles. The maximum Gasteiger partial charge on any atom is 0.247 e. The molecule has 1 atom stereocenters. The Hall–Kier alpha value is -3.79. The van der Waals surface area contributed by atoms with Crippen molar-refractivity contribution < 1.29 is 9.53 Å². The topological polar surface area (TPSA) is 92.0 Å². The third-order valence-corrected chi connectivity index (χ3v) is 4.28. The van der Waals surface area contributed by atoms with Crippen molar-refractivity contribution >= 4 is 17.4 Å². The molecule has 0 aliphatic carbocycles. The number of nitriles is 1. The lowest BCUT2D eigenvalue weighted by molar-refractivity contribution is -0.116. The number of carbonyl (C=O) groups is 1. The zero-order chi connectivity index (χ0) is 20.8. The molecule has 0 spiro atoms. The normalized spacial score (nSPS) is 11.6. The summed E-state index contributed by atoms with van der Waals surface area (Å²) in [5.74, 6) is 1.62. The highest BCUT2D eigenvalue weighted by Crippen LogP contribution is 2.26. The molecule has 1 aromatic heterocycles. The lowest BCUT2D eigenvalue weighted by atomic mass is 10.2. The first-order chi connectivity index (χ1) is 14.0. The number of benzene rings is 2. The number of aromatic nitrogens is 2. The van der Waals surface area contributed by atoms with Crippen molar-refractivity contribution in [3.05, 3.63) is 66.4 Å². The third-order valence-electron chi connectivity index (χ3n) is 4.28. The van der Waals surface area contributed by atoms with E-state index in [1.807, 2.05) is 32.0 Å². The van der Waals surface area contributed by atoms with Gasteiger partial charge in [0.2, 0.25) is 5.91 Å². The Labute approximate surface area is 169 Å². The average Bonchev–Trinajstić information content (AvgIpc) is 3.18. The maximum absolute atomic E-state index is 12.5. The summed E-state index contributed by atoms with van der Waals surface area (Å²) in [5, 5.41) is 19.4. The molecule has 0 radical (unpaired) electrons. The first-order valence-corrected chi connectivity index (χ1v) is 9.36. The Balaban J connectivity index is 1.61. The Kier molecular flexibility index (Phi) is 6.15. The zero-order valence-corrected chi connectivity index (χ0v) is 16.6. The molecule has 1 unspecified atom stereocenters. The molecule has 3 rings (SSSR count). The standard InChI is InChI=1S/C22H23N5O2/c1-15(2)27-21(12-13-24-27)26-22(28)16(3)25-18-8-10-19(11-9-18)29-20-7-5-4-6-17(20)14-23/h4-13,15-16,25H,1-3H3,(H,26,28). The number of hydrogen-bond donors (Lipinski definition) is 2. The molecule has 0 aliphatic rings. The van der Waals surface area contributed by atoms with Gasteiger partial charge in [0.05, 0.1) is 11.8 Å². The second kappa shape index (κ2) is 8.93. The molecule has 29 heavy (non-hydrogen) atoms. The van der Waals surface area contributed by atoms with Crippen molar-refractivity contribution in [2.24, 2.45) is 0 Å². The van der Waals surface area contributed by atoms with Crippen LogP contribution >= 0.6 is 0 Å². The number of amides is 1. The van der Waals surface area contributed by atoms with E-state index in [4.69, 9.17) is 10.00 Å². The Bertz CT molecular complexity index is 1020. The summed E-state index contributed by atoms with van der Waals surface area (Å²) in [5.41, 5.74) is 1.26. The van der Waals surface area contributed by atoms with Crippen LogP contribution in [0.4, 0.5) is 11.5 Å². The molecule has 0 saturated heterocycles. The second-order valence-electron chi connectivity index (χ2n) is 6.84. The third kappa shape index (κ3) is 4.93. The van der Waals surface area contributed by atoms with Crippen LogP contribution in [0.1, 0.15) is 32.4 Å². The number of rotatable bonds is 7. The minimum Gasteiger partial charge on any atom is -0.456 e. The van der Waals surface area contributed by atoms with Crippen LogP contribution in [0.25, 0.3) is 0 Å². The van der Waals surface area contributed by atoms with Crippen LogP contribution < -0.4 is 15.4 Å². The quantitative estimate of drug-likeness (QED) is 0.618.